The van der Waals surface area contributed by atoms with E-state index < -0.39 is 0 Å². The minimum absolute atomic E-state index is 0. The second kappa shape index (κ2) is 9.70. The predicted octanol–water partition coefficient (Wildman–Crippen LogP) is 5.59. The first-order valence-electron chi connectivity index (χ1n) is 8.95. The smallest absolute Gasteiger partial charge is 0.261 e. The maximum Gasteiger partial charge on any atom is 0.261 e. The fraction of sp³-hybridized carbons (Fsp3) is 0.333. The first-order valence-corrected chi connectivity index (χ1v) is 10.1. The number of hydrogen-bond acceptors (Lipinski definition) is 4. The second-order valence-corrected chi connectivity index (χ2v) is 8.40. The fourth-order valence-electron chi connectivity index (χ4n) is 3.09. The van der Waals surface area contributed by atoms with Crippen LogP contribution in [-0.4, -0.2) is 43.0 Å². The summed E-state index contributed by atoms with van der Waals surface area (Å²) in [6.45, 7) is 5.65. The van der Waals surface area contributed by atoms with Gasteiger partial charge in [-0.3, -0.25) is 9.69 Å². The van der Waals surface area contributed by atoms with E-state index >= 15 is 0 Å². The topological polar surface area (TPSA) is 36.4 Å². The molecule has 0 atom stereocenters. The largest absolute Gasteiger partial charge is 0.309 e. The minimum atomic E-state index is -0.104. The third-order valence-corrected chi connectivity index (χ3v) is 5.94. The molecule has 4 nitrogen and oxygen atoms in total. The van der Waals surface area contributed by atoms with E-state index in [1.807, 2.05) is 26.2 Å². The maximum atomic E-state index is 13.3. The highest BCUT2D eigenvalue weighted by Gasteiger charge is 2.23. The van der Waals surface area contributed by atoms with Crippen molar-refractivity contribution >= 4 is 56.6 Å². The van der Waals surface area contributed by atoms with Gasteiger partial charge in [-0.1, -0.05) is 41.1 Å². The molecule has 0 saturated carbocycles. The third kappa shape index (κ3) is 5.03. The number of benzene rings is 2. The SMILES string of the molecule is Cc1cc(C)c2sc(N(CCCN(C)C)C(=O)c3ccccc3Cl)nc2c1.Cl. The van der Waals surface area contributed by atoms with E-state index in [9.17, 15) is 4.79 Å². The van der Waals surface area contributed by atoms with Crippen molar-refractivity contribution in [3.63, 3.8) is 0 Å². The molecule has 150 valence electrons. The molecule has 0 radical (unpaired) electrons. The first kappa shape index (κ1) is 22.6. The molecule has 1 amide bonds. The molecule has 0 N–H and O–H groups in total. The van der Waals surface area contributed by atoms with E-state index in [-0.39, 0.29) is 18.3 Å². The number of carbonyl (C=O) groups is 1. The van der Waals surface area contributed by atoms with Crippen LogP contribution in [0.1, 0.15) is 27.9 Å². The van der Waals surface area contributed by atoms with Crippen LogP contribution in [0.5, 0.6) is 0 Å². The summed E-state index contributed by atoms with van der Waals surface area (Å²) in [6.07, 6.45) is 0.858. The van der Waals surface area contributed by atoms with Crippen molar-refractivity contribution in [2.45, 2.75) is 20.3 Å². The summed E-state index contributed by atoms with van der Waals surface area (Å²) in [7, 11) is 4.06. The van der Waals surface area contributed by atoms with Gasteiger partial charge in [0.05, 0.1) is 20.8 Å². The molecule has 3 aromatic rings. The average molecular weight is 438 g/mol. The Labute approximate surface area is 181 Å². The van der Waals surface area contributed by atoms with Crippen LogP contribution >= 0.6 is 35.3 Å². The Morgan fingerprint density at radius 3 is 2.54 bits per heavy atom. The summed E-state index contributed by atoms with van der Waals surface area (Å²) in [5.74, 6) is -0.104. The molecule has 1 heterocycles. The fourth-order valence-corrected chi connectivity index (χ4v) is 4.35. The number of fused-ring (bicyclic) bond motifs is 1. The summed E-state index contributed by atoms with van der Waals surface area (Å²) in [5, 5.41) is 1.19. The van der Waals surface area contributed by atoms with Crippen molar-refractivity contribution in [1.29, 1.82) is 0 Å². The van der Waals surface area contributed by atoms with Crippen LogP contribution in [0.2, 0.25) is 5.02 Å². The zero-order valence-corrected chi connectivity index (χ0v) is 18.9. The van der Waals surface area contributed by atoms with Crippen LogP contribution < -0.4 is 4.90 Å². The number of hydrogen-bond donors (Lipinski definition) is 0. The Hall–Kier alpha value is -1.66. The van der Waals surface area contributed by atoms with E-state index in [4.69, 9.17) is 16.6 Å². The minimum Gasteiger partial charge on any atom is -0.309 e. The van der Waals surface area contributed by atoms with Crippen LogP contribution in [0, 0.1) is 13.8 Å². The van der Waals surface area contributed by atoms with Crippen LogP contribution in [0.25, 0.3) is 10.2 Å². The molecule has 0 aliphatic carbocycles. The zero-order valence-electron chi connectivity index (χ0n) is 16.5. The quantitative estimate of drug-likeness (QED) is 0.504. The van der Waals surface area contributed by atoms with Crippen molar-refractivity contribution in [3.05, 3.63) is 58.1 Å². The Balaban J connectivity index is 0.00000280. The van der Waals surface area contributed by atoms with Gasteiger partial charge in [0.25, 0.3) is 5.91 Å². The Morgan fingerprint density at radius 1 is 1.14 bits per heavy atom. The summed E-state index contributed by atoms with van der Waals surface area (Å²) in [4.78, 5) is 21.9. The molecule has 1 aromatic heterocycles. The summed E-state index contributed by atoms with van der Waals surface area (Å²) in [5.41, 5.74) is 3.81. The number of nitrogens with zero attached hydrogens (tertiary/aromatic N) is 3. The Morgan fingerprint density at radius 2 is 1.86 bits per heavy atom. The van der Waals surface area contributed by atoms with Crippen molar-refractivity contribution in [3.8, 4) is 0 Å². The lowest BCUT2D eigenvalue weighted by Gasteiger charge is -2.21. The lowest BCUT2D eigenvalue weighted by Crippen LogP contribution is -2.33. The van der Waals surface area contributed by atoms with Gasteiger partial charge in [-0.25, -0.2) is 4.98 Å². The van der Waals surface area contributed by atoms with E-state index in [0.29, 0.717) is 17.1 Å². The molecule has 0 bridgehead atoms. The standard InChI is InChI=1S/C21H24ClN3OS.ClH/c1-14-12-15(2)19-18(13-14)23-21(27-19)25(11-7-10-24(3)4)20(26)16-8-5-6-9-17(16)22;/h5-6,8-9,12-13H,7,10-11H2,1-4H3;1H. The van der Waals surface area contributed by atoms with Crippen molar-refractivity contribution in [2.75, 3.05) is 32.1 Å². The van der Waals surface area contributed by atoms with Gasteiger partial charge in [-0.15, -0.1) is 12.4 Å². The van der Waals surface area contributed by atoms with Gasteiger partial charge < -0.3 is 4.90 Å². The normalized spacial score (nSPS) is 10.9. The molecule has 3 rings (SSSR count). The number of amides is 1. The van der Waals surface area contributed by atoms with Crippen LogP contribution in [0.15, 0.2) is 36.4 Å². The van der Waals surface area contributed by atoms with Gasteiger partial charge in [0.2, 0.25) is 0 Å². The van der Waals surface area contributed by atoms with Gasteiger partial charge in [-0.05, 0) is 70.2 Å². The molecule has 0 saturated heterocycles. The molecular weight excluding hydrogens is 413 g/mol. The highest BCUT2D eigenvalue weighted by molar-refractivity contribution is 7.22. The number of thiazole rings is 1. The van der Waals surface area contributed by atoms with Crippen molar-refractivity contribution < 1.29 is 4.79 Å². The van der Waals surface area contributed by atoms with Crippen molar-refractivity contribution in [2.24, 2.45) is 0 Å². The summed E-state index contributed by atoms with van der Waals surface area (Å²) >= 11 is 7.85. The second-order valence-electron chi connectivity index (χ2n) is 7.02. The van der Waals surface area contributed by atoms with Gasteiger partial charge in [-0.2, -0.15) is 0 Å². The maximum absolute atomic E-state index is 13.3. The molecular formula is C21H25Cl2N3OS. The monoisotopic (exact) mass is 437 g/mol. The lowest BCUT2D eigenvalue weighted by molar-refractivity contribution is 0.0986. The average Bonchev–Trinajstić information content (AvgIpc) is 3.02. The molecule has 0 spiro atoms. The van der Waals surface area contributed by atoms with Gasteiger partial charge in [0.15, 0.2) is 5.13 Å². The van der Waals surface area contributed by atoms with Crippen molar-refractivity contribution in [1.82, 2.24) is 9.88 Å². The Kier molecular flexibility index (Phi) is 7.84. The van der Waals surface area contributed by atoms with Crippen LogP contribution in [0.4, 0.5) is 5.13 Å². The first-order chi connectivity index (χ1) is 12.9. The highest BCUT2D eigenvalue weighted by Crippen LogP contribution is 2.33. The number of rotatable bonds is 6. The molecule has 0 aliphatic rings. The number of aryl methyl sites for hydroxylation is 2. The summed E-state index contributed by atoms with van der Waals surface area (Å²) in [6, 6.07) is 11.4. The number of anilines is 1. The van der Waals surface area contributed by atoms with E-state index in [0.717, 1.165) is 28.3 Å². The predicted molar refractivity (Wildman–Crippen MR) is 123 cm³/mol. The highest BCUT2D eigenvalue weighted by atomic mass is 35.5. The lowest BCUT2D eigenvalue weighted by atomic mass is 10.1. The van der Waals surface area contributed by atoms with Crippen LogP contribution in [-0.2, 0) is 0 Å². The molecule has 0 unspecified atom stereocenters. The molecule has 7 heteroatoms. The van der Waals surface area contributed by atoms with E-state index in [1.165, 1.54) is 11.1 Å². The number of halogens is 2. The van der Waals surface area contributed by atoms with E-state index in [2.05, 4.69) is 30.9 Å². The van der Waals surface area contributed by atoms with Crippen LogP contribution in [0.3, 0.4) is 0 Å². The number of aromatic nitrogens is 1. The van der Waals surface area contributed by atoms with Gasteiger partial charge in [0, 0.05) is 6.54 Å². The third-order valence-electron chi connectivity index (χ3n) is 4.38. The Bertz CT molecular complexity index is 971. The summed E-state index contributed by atoms with van der Waals surface area (Å²) < 4.78 is 1.13. The van der Waals surface area contributed by atoms with E-state index in [1.54, 1.807) is 28.4 Å². The van der Waals surface area contributed by atoms with Gasteiger partial charge in [0.1, 0.15) is 0 Å². The number of carbonyl (C=O) groups excluding carboxylic acids is 1. The molecule has 28 heavy (non-hydrogen) atoms. The van der Waals surface area contributed by atoms with Gasteiger partial charge >= 0.3 is 0 Å². The zero-order chi connectivity index (χ0) is 19.6. The molecule has 2 aromatic carbocycles. The molecule has 0 fully saturated rings. The molecule has 0 aliphatic heterocycles.